The molecular weight excluding hydrogens is 242 g/mol. The van der Waals surface area contributed by atoms with E-state index >= 15 is 0 Å². The molecule has 1 heterocycles. The molecule has 0 unspecified atom stereocenters. The van der Waals surface area contributed by atoms with E-state index in [4.69, 9.17) is 4.74 Å². The Labute approximate surface area is 111 Å². The van der Waals surface area contributed by atoms with Crippen molar-refractivity contribution in [2.75, 3.05) is 7.11 Å². The minimum Gasteiger partial charge on any atom is -0.465 e. The highest BCUT2D eigenvalue weighted by molar-refractivity contribution is 5.90. The van der Waals surface area contributed by atoms with Gasteiger partial charge in [-0.15, -0.1) is 0 Å². The lowest BCUT2D eigenvalue weighted by molar-refractivity contribution is 0.0601. The summed E-state index contributed by atoms with van der Waals surface area (Å²) in [5.74, 6) is -0.366. The van der Waals surface area contributed by atoms with Gasteiger partial charge in [0.2, 0.25) is 0 Å². The number of hydrogen-bond acceptors (Lipinski definition) is 4. The maximum absolute atomic E-state index is 11.5. The van der Waals surface area contributed by atoms with Crippen LogP contribution in [-0.4, -0.2) is 23.2 Å². The van der Waals surface area contributed by atoms with Gasteiger partial charge in [0.25, 0.3) is 0 Å². The molecule has 0 spiro atoms. The molecular formula is C15H15NO3. The van der Waals surface area contributed by atoms with Crippen LogP contribution in [0, 0.1) is 6.92 Å². The fourth-order valence-corrected chi connectivity index (χ4v) is 1.93. The number of aliphatic hydroxyl groups excluding tert-OH is 1. The first-order valence-corrected chi connectivity index (χ1v) is 5.91. The van der Waals surface area contributed by atoms with Gasteiger partial charge in [0.15, 0.2) is 0 Å². The Bertz CT molecular complexity index is 608. The number of carbonyl (C=O) groups is 1. The van der Waals surface area contributed by atoms with Crippen molar-refractivity contribution in [2.45, 2.75) is 13.5 Å². The number of methoxy groups -OCH3 is 1. The Morgan fingerprint density at radius 2 is 2.05 bits per heavy atom. The molecule has 0 aliphatic rings. The molecule has 0 bridgehead atoms. The van der Waals surface area contributed by atoms with Crippen LogP contribution >= 0.6 is 0 Å². The lowest BCUT2D eigenvalue weighted by Crippen LogP contribution is -2.01. The third-order valence-corrected chi connectivity index (χ3v) is 2.79. The van der Waals surface area contributed by atoms with E-state index in [2.05, 4.69) is 4.98 Å². The lowest BCUT2D eigenvalue weighted by Gasteiger charge is -2.07. The fourth-order valence-electron chi connectivity index (χ4n) is 1.93. The molecule has 0 aliphatic carbocycles. The van der Waals surface area contributed by atoms with Crippen molar-refractivity contribution in [1.82, 2.24) is 4.98 Å². The number of aryl methyl sites for hydroxylation is 1. The highest BCUT2D eigenvalue weighted by Crippen LogP contribution is 2.22. The predicted molar refractivity (Wildman–Crippen MR) is 71.7 cm³/mol. The Morgan fingerprint density at radius 3 is 2.74 bits per heavy atom. The summed E-state index contributed by atoms with van der Waals surface area (Å²) >= 11 is 0. The van der Waals surface area contributed by atoms with Crippen LogP contribution in [0.1, 0.15) is 21.7 Å². The minimum atomic E-state index is -0.366. The van der Waals surface area contributed by atoms with Crippen LogP contribution in [0.4, 0.5) is 0 Å². The van der Waals surface area contributed by atoms with Gasteiger partial charge in [-0.1, -0.05) is 12.1 Å². The normalized spacial score (nSPS) is 10.3. The molecule has 0 fully saturated rings. The maximum atomic E-state index is 11.5. The zero-order valence-corrected chi connectivity index (χ0v) is 10.9. The topological polar surface area (TPSA) is 59.4 Å². The second-order valence-corrected chi connectivity index (χ2v) is 4.22. The summed E-state index contributed by atoms with van der Waals surface area (Å²) in [6, 6.07) is 10.9. The van der Waals surface area contributed by atoms with Crippen molar-refractivity contribution < 1.29 is 14.6 Å². The minimum absolute atomic E-state index is 0.106. The summed E-state index contributed by atoms with van der Waals surface area (Å²) in [4.78, 5) is 15.7. The van der Waals surface area contributed by atoms with E-state index in [0.717, 1.165) is 16.8 Å². The second-order valence-electron chi connectivity index (χ2n) is 4.22. The highest BCUT2D eigenvalue weighted by Gasteiger charge is 2.08. The Morgan fingerprint density at radius 1 is 1.26 bits per heavy atom. The third kappa shape index (κ3) is 2.98. The van der Waals surface area contributed by atoms with Crippen molar-refractivity contribution in [3.05, 3.63) is 53.3 Å². The van der Waals surface area contributed by atoms with Gasteiger partial charge in [-0.25, -0.2) is 4.79 Å². The number of hydrogen-bond donors (Lipinski definition) is 1. The molecule has 0 amide bonds. The van der Waals surface area contributed by atoms with Gasteiger partial charge in [-0.2, -0.15) is 0 Å². The average molecular weight is 257 g/mol. The summed E-state index contributed by atoms with van der Waals surface area (Å²) in [5, 5.41) is 9.18. The number of nitrogens with zero attached hydrogens (tertiary/aromatic N) is 1. The zero-order chi connectivity index (χ0) is 13.8. The molecule has 19 heavy (non-hydrogen) atoms. The zero-order valence-electron chi connectivity index (χ0n) is 10.9. The van der Waals surface area contributed by atoms with Crippen LogP contribution in [0.3, 0.4) is 0 Å². The summed E-state index contributed by atoms with van der Waals surface area (Å²) in [5.41, 5.74) is 3.74. The quantitative estimate of drug-likeness (QED) is 0.857. The molecule has 0 saturated heterocycles. The van der Waals surface area contributed by atoms with Crippen LogP contribution in [0.2, 0.25) is 0 Å². The van der Waals surface area contributed by atoms with E-state index in [1.54, 1.807) is 18.2 Å². The van der Waals surface area contributed by atoms with Gasteiger partial charge in [-0.05, 0) is 42.3 Å². The number of pyridine rings is 1. The molecule has 1 aromatic carbocycles. The molecule has 4 heteroatoms. The predicted octanol–water partition coefficient (Wildman–Crippen LogP) is 2.34. The number of esters is 1. The van der Waals surface area contributed by atoms with E-state index in [0.29, 0.717) is 11.3 Å². The number of aliphatic hydroxyl groups is 1. The third-order valence-electron chi connectivity index (χ3n) is 2.79. The van der Waals surface area contributed by atoms with Gasteiger partial charge < -0.3 is 9.84 Å². The maximum Gasteiger partial charge on any atom is 0.337 e. The first kappa shape index (κ1) is 13.2. The summed E-state index contributed by atoms with van der Waals surface area (Å²) in [6.45, 7) is 1.76. The summed E-state index contributed by atoms with van der Waals surface area (Å²) in [6.07, 6.45) is 0. The first-order chi connectivity index (χ1) is 9.13. The standard InChI is InChI=1S/C15H15NO3/c1-10-6-13(8-14(9-17)16-10)11-4-3-5-12(7-11)15(18)19-2/h3-8,17H,9H2,1-2H3. The van der Waals surface area contributed by atoms with Gasteiger partial charge in [0, 0.05) is 5.69 Å². The van der Waals surface area contributed by atoms with E-state index < -0.39 is 0 Å². The van der Waals surface area contributed by atoms with Crippen LogP contribution in [0.25, 0.3) is 11.1 Å². The Balaban J connectivity index is 2.47. The number of carbonyl (C=O) groups excluding carboxylic acids is 1. The monoisotopic (exact) mass is 257 g/mol. The molecule has 0 aliphatic heterocycles. The van der Waals surface area contributed by atoms with E-state index in [-0.39, 0.29) is 12.6 Å². The van der Waals surface area contributed by atoms with Crippen LogP contribution in [0.5, 0.6) is 0 Å². The molecule has 2 aromatic rings. The number of benzene rings is 1. The summed E-state index contributed by atoms with van der Waals surface area (Å²) in [7, 11) is 1.36. The molecule has 0 radical (unpaired) electrons. The van der Waals surface area contributed by atoms with Gasteiger partial charge >= 0.3 is 5.97 Å². The summed E-state index contributed by atoms with van der Waals surface area (Å²) < 4.78 is 4.70. The molecule has 0 atom stereocenters. The molecule has 0 saturated carbocycles. The molecule has 1 N–H and O–H groups in total. The van der Waals surface area contributed by atoms with Crippen LogP contribution < -0.4 is 0 Å². The molecule has 4 nitrogen and oxygen atoms in total. The largest absolute Gasteiger partial charge is 0.465 e. The van der Waals surface area contributed by atoms with Gasteiger partial charge in [0.05, 0.1) is 25.0 Å². The SMILES string of the molecule is COC(=O)c1cccc(-c2cc(C)nc(CO)c2)c1. The fraction of sp³-hybridized carbons (Fsp3) is 0.200. The lowest BCUT2D eigenvalue weighted by atomic mass is 10.0. The van der Waals surface area contributed by atoms with E-state index in [1.165, 1.54) is 7.11 Å². The van der Waals surface area contributed by atoms with Crippen molar-refractivity contribution in [3.8, 4) is 11.1 Å². The molecule has 98 valence electrons. The Kier molecular flexibility index (Phi) is 3.92. The smallest absolute Gasteiger partial charge is 0.337 e. The number of rotatable bonds is 3. The second kappa shape index (κ2) is 5.63. The molecule has 1 aromatic heterocycles. The van der Waals surface area contributed by atoms with Crippen molar-refractivity contribution >= 4 is 5.97 Å². The van der Waals surface area contributed by atoms with Crippen LogP contribution in [0.15, 0.2) is 36.4 Å². The van der Waals surface area contributed by atoms with Gasteiger partial charge in [-0.3, -0.25) is 4.98 Å². The van der Waals surface area contributed by atoms with Crippen molar-refractivity contribution in [3.63, 3.8) is 0 Å². The number of aromatic nitrogens is 1. The van der Waals surface area contributed by atoms with Crippen molar-refractivity contribution in [2.24, 2.45) is 0 Å². The van der Waals surface area contributed by atoms with Crippen LogP contribution in [-0.2, 0) is 11.3 Å². The van der Waals surface area contributed by atoms with E-state index in [9.17, 15) is 9.90 Å². The molecule has 2 rings (SSSR count). The van der Waals surface area contributed by atoms with E-state index in [1.807, 2.05) is 25.1 Å². The highest BCUT2D eigenvalue weighted by atomic mass is 16.5. The number of ether oxygens (including phenoxy) is 1. The Hall–Kier alpha value is -2.20. The van der Waals surface area contributed by atoms with Crippen molar-refractivity contribution in [1.29, 1.82) is 0 Å². The average Bonchev–Trinajstić information content (AvgIpc) is 2.45. The van der Waals surface area contributed by atoms with Gasteiger partial charge in [0.1, 0.15) is 0 Å². The first-order valence-electron chi connectivity index (χ1n) is 5.91.